The summed E-state index contributed by atoms with van der Waals surface area (Å²) < 4.78 is 37.1. The van der Waals surface area contributed by atoms with Gasteiger partial charge in [-0.15, -0.1) is 0 Å². The molecule has 0 saturated carbocycles. The summed E-state index contributed by atoms with van der Waals surface area (Å²) >= 11 is 0. The molecule has 0 aromatic carbocycles. The van der Waals surface area contributed by atoms with Crippen LogP contribution in [0.2, 0.25) is 0 Å². The van der Waals surface area contributed by atoms with Gasteiger partial charge in [0.1, 0.15) is 0 Å². The Balaban J connectivity index is 3.10. The minimum Gasteiger partial charge on any atom is -0.392 e. The first-order valence-electron chi connectivity index (χ1n) is 3.84. The van der Waals surface area contributed by atoms with E-state index < -0.39 is 11.7 Å². The van der Waals surface area contributed by atoms with Crippen molar-refractivity contribution in [2.45, 2.75) is 6.18 Å². The van der Waals surface area contributed by atoms with Crippen molar-refractivity contribution < 1.29 is 18.3 Å². The third-order valence-electron chi connectivity index (χ3n) is 1.56. The fourth-order valence-electron chi connectivity index (χ4n) is 0.977. The fourth-order valence-corrected chi connectivity index (χ4v) is 0.977. The molecule has 5 heteroatoms. The Morgan fingerprint density at radius 3 is 2.71 bits per heavy atom. The van der Waals surface area contributed by atoms with E-state index in [4.69, 9.17) is 5.11 Å². The highest BCUT2D eigenvalue weighted by molar-refractivity contribution is 5.53. The molecule has 0 atom stereocenters. The number of nitrogens with zero attached hydrogens (tertiary/aromatic N) is 1. The summed E-state index contributed by atoms with van der Waals surface area (Å²) in [5.41, 5.74) is -0.800. The molecule has 0 unspecified atom stereocenters. The average molecular weight is 203 g/mol. The molecule has 1 aromatic heterocycles. The van der Waals surface area contributed by atoms with Crippen LogP contribution >= 0.6 is 0 Å². The quantitative estimate of drug-likeness (QED) is 0.798. The molecule has 0 aliphatic heterocycles. The van der Waals surface area contributed by atoms with E-state index in [1.165, 1.54) is 12.2 Å². The van der Waals surface area contributed by atoms with Gasteiger partial charge in [-0.2, -0.15) is 13.2 Å². The zero-order chi connectivity index (χ0) is 10.6. The van der Waals surface area contributed by atoms with Gasteiger partial charge in [0, 0.05) is 18.0 Å². The molecule has 1 N–H and O–H groups in total. The van der Waals surface area contributed by atoms with E-state index in [2.05, 4.69) is 4.98 Å². The number of aliphatic hydroxyl groups is 1. The summed E-state index contributed by atoms with van der Waals surface area (Å²) in [6.45, 7) is -0.299. The van der Waals surface area contributed by atoms with Crippen LogP contribution in [0.5, 0.6) is 0 Å². The van der Waals surface area contributed by atoms with Crippen molar-refractivity contribution in [3.63, 3.8) is 0 Å². The van der Waals surface area contributed by atoms with Crippen molar-refractivity contribution in [2.75, 3.05) is 6.61 Å². The first-order chi connectivity index (χ1) is 6.55. The first-order valence-corrected chi connectivity index (χ1v) is 3.84. The van der Waals surface area contributed by atoms with Crippen molar-refractivity contribution >= 4 is 6.08 Å². The van der Waals surface area contributed by atoms with E-state index in [0.29, 0.717) is 0 Å². The van der Waals surface area contributed by atoms with Crippen LogP contribution in [0, 0.1) is 0 Å². The number of aliphatic hydroxyl groups excluding tert-OH is 1. The first kappa shape index (κ1) is 10.7. The Morgan fingerprint density at radius 1 is 1.43 bits per heavy atom. The van der Waals surface area contributed by atoms with E-state index in [-0.39, 0.29) is 12.2 Å². The van der Waals surface area contributed by atoms with Crippen LogP contribution in [-0.2, 0) is 6.18 Å². The van der Waals surface area contributed by atoms with Crippen molar-refractivity contribution in [2.24, 2.45) is 0 Å². The third-order valence-corrected chi connectivity index (χ3v) is 1.56. The molecule has 1 heterocycles. The molecule has 0 aliphatic rings. The molecular weight excluding hydrogens is 195 g/mol. The van der Waals surface area contributed by atoms with Crippen molar-refractivity contribution in [3.05, 3.63) is 35.7 Å². The summed E-state index contributed by atoms with van der Waals surface area (Å²) in [7, 11) is 0. The van der Waals surface area contributed by atoms with E-state index in [0.717, 1.165) is 18.5 Å². The zero-order valence-electron chi connectivity index (χ0n) is 7.12. The van der Waals surface area contributed by atoms with E-state index in [9.17, 15) is 13.2 Å². The van der Waals surface area contributed by atoms with Gasteiger partial charge >= 0.3 is 6.18 Å². The maximum absolute atomic E-state index is 12.4. The lowest BCUT2D eigenvalue weighted by atomic mass is 10.1. The number of pyridine rings is 1. The third kappa shape index (κ3) is 2.56. The van der Waals surface area contributed by atoms with Gasteiger partial charge in [-0.1, -0.05) is 12.2 Å². The predicted molar refractivity (Wildman–Crippen MR) is 45.4 cm³/mol. The maximum Gasteiger partial charge on any atom is 0.417 e. The molecule has 0 spiro atoms. The molecule has 14 heavy (non-hydrogen) atoms. The van der Waals surface area contributed by atoms with Crippen LogP contribution in [-0.4, -0.2) is 16.7 Å². The molecule has 1 rings (SSSR count). The molecule has 76 valence electrons. The second-order valence-corrected chi connectivity index (χ2v) is 2.55. The lowest BCUT2D eigenvalue weighted by Crippen LogP contribution is -2.07. The molecule has 0 aliphatic carbocycles. The standard InChI is InChI=1S/C9H8F3NO/c10-9(11,12)8-3-4-13-6-7(8)2-1-5-14/h1-4,6,14H,5H2. The van der Waals surface area contributed by atoms with Crippen molar-refractivity contribution in [1.82, 2.24) is 4.98 Å². The summed E-state index contributed by atoms with van der Waals surface area (Å²) in [5.74, 6) is 0. The Bertz CT molecular complexity index is 333. The topological polar surface area (TPSA) is 33.1 Å². The van der Waals surface area contributed by atoms with Crippen molar-refractivity contribution in [1.29, 1.82) is 0 Å². The molecule has 2 nitrogen and oxygen atoms in total. The zero-order valence-corrected chi connectivity index (χ0v) is 7.12. The molecule has 0 saturated heterocycles. The molecule has 0 amide bonds. The molecule has 0 radical (unpaired) electrons. The second kappa shape index (κ2) is 4.23. The van der Waals surface area contributed by atoms with Gasteiger partial charge in [0.25, 0.3) is 0 Å². The highest BCUT2D eigenvalue weighted by Crippen LogP contribution is 2.31. The van der Waals surface area contributed by atoms with Crippen LogP contribution in [0.3, 0.4) is 0 Å². The Hall–Kier alpha value is -1.36. The monoisotopic (exact) mass is 203 g/mol. The van der Waals surface area contributed by atoms with Crippen LogP contribution in [0.1, 0.15) is 11.1 Å². The van der Waals surface area contributed by atoms with Gasteiger partial charge in [-0.3, -0.25) is 4.98 Å². The van der Waals surface area contributed by atoms with Crippen LogP contribution in [0.15, 0.2) is 24.5 Å². The van der Waals surface area contributed by atoms with Gasteiger partial charge in [0.2, 0.25) is 0 Å². The smallest absolute Gasteiger partial charge is 0.392 e. The van der Waals surface area contributed by atoms with Crippen LogP contribution in [0.25, 0.3) is 6.08 Å². The van der Waals surface area contributed by atoms with E-state index in [1.54, 1.807) is 0 Å². The van der Waals surface area contributed by atoms with Gasteiger partial charge in [-0.25, -0.2) is 0 Å². The maximum atomic E-state index is 12.4. The average Bonchev–Trinajstić information content (AvgIpc) is 2.14. The van der Waals surface area contributed by atoms with Gasteiger partial charge < -0.3 is 5.11 Å². The lowest BCUT2D eigenvalue weighted by molar-refractivity contribution is -0.137. The summed E-state index contributed by atoms with van der Waals surface area (Å²) in [6.07, 6.45) is 0.217. The summed E-state index contributed by atoms with van der Waals surface area (Å²) in [6, 6.07) is 0.900. The van der Waals surface area contributed by atoms with Gasteiger partial charge in [0.15, 0.2) is 0 Å². The molecule has 0 fully saturated rings. The molecular formula is C9H8F3NO. The second-order valence-electron chi connectivity index (χ2n) is 2.55. The number of halogens is 3. The molecule has 1 aromatic rings. The number of hydrogen-bond acceptors (Lipinski definition) is 2. The largest absolute Gasteiger partial charge is 0.417 e. The number of hydrogen-bond donors (Lipinski definition) is 1. The Kier molecular flexibility index (Phi) is 3.24. The number of rotatable bonds is 2. The van der Waals surface area contributed by atoms with Crippen molar-refractivity contribution in [3.8, 4) is 0 Å². The van der Waals surface area contributed by atoms with Crippen LogP contribution in [0.4, 0.5) is 13.2 Å². The highest BCUT2D eigenvalue weighted by atomic mass is 19.4. The Labute approximate surface area is 78.7 Å². The Morgan fingerprint density at radius 2 is 2.14 bits per heavy atom. The summed E-state index contributed by atoms with van der Waals surface area (Å²) in [4.78, 5) is 3.58. The highest BCUT2D eigenvalue weighted by Gasteiger charge is 2.32. The SMILES string of the molecule is OCC=Cc1cnccc1C(F)(F)F. The molecule has 0 bridgehead atoms. The normalized spacial score (nSPS) is 12.3. The minimum absolute atomic E-state index is 0.0472. The predicted octanol–water partition coefficient (Wildman–Crippen LogP) is 2.11. The van der Waals surface area contributed by atoms with E-state index in [1.807, 2.05) is 0 Å². The number of alkyl halides is 3. The van der Waals surface area contributed by atoms with Gasteiger partial charge in [0.05, 0.1) is 12.2 Å². The van der Waals surface area contributed by atoms with E-state index >= 15 is 0 Å². The van der Waals surface area contributed by atoms with Crippen LogP contribution < -0.4 is 0 Å². The fraction of sp³-hybridized carbons (Fsp3) is 0.222. The lowest BCUT2D eigenvalue weighted by Gasteiger charge is -2.08. The number of aromatic nitrogens is 1. The minimum atomic E-state index is -4.39. The summed E-state index contributed by atoms with van der Waals surface area (Å²) in [5, 5.41) is 8.43. The van der Waals surface area contributed by atoms with Gasteiger partial charge in [-0.05, 0) is 6.07 Å².